The van der Waals surface area contributed by atoms with Crippen LogP contribution in [0.25, 0.3) is 0 Å². The van der Waals surface area contributed by atoms with Crippen molar-refractivity contribution in [1.82, 2.24) is 0 Å². The summed E-state index contributed by atoms with van der Waals surface area (Å²) in [4.78, 5) is 16.9. The third-order valence-corrected chi connectivity index (χ3v) is 4.10. The maximum absolute atomic E-state index is 12.9. The number of hydrogen-bond donors (Lipinski definition) is 1. The molecule has 3 rings (SSSR count). The van der Waals surface area contributed by atoms with Gasteiger partial charge in [0.25, 0.3) is 5.91 Å². The van der Waals surface area contributed by atoms with E-state index in [1.807, 2.05) is 43.3 Å². The van der Waals surface area contributed by atoms with Gasteiger partial charge in [-0.2, -0.15) is 0 Å². The molecule has 1 N–H and O–H groups in total. The minimum Gasteiger partial charge on any atom is -0.490 e. The molecule has 0 unspecified atom stereocenters. The fourth-order valence-electron chi connectivity index (χ4n) is 2.65. The fourth-order valence-corrected chi connectivity index (χ4v) is 2.65. The van der Waals surface area contributed by atoms with E-state index in [4.69, 9.17) is 14.3 Å². The van der Waals surface area contributed by atoms with Crippen LogP contribution < -0.4 is 14.8 Å². The predicted octanol–water partition coefficient (Wildman–Crippen LogP) is 4.79. The second-order valence-electron chi connectivity index (χ2n) is 6.48. The molecule has 3 aromatic carbocycles. The highest BCUT2D eigenvalue weighted by Crippen LogP contribution is 2.29. The molecule has 7 heteroatoms. The lowest BCUT2D eigenvalue weighted by atomic mass is 10.2. The molecule has 0 fully saturated rings. The Balaban J connectivity index is 1.52. The van der Waals surface area contributed by atoms with E-state index in [0.29, 0.717) is 30.4 Å². The molecule has 0 saturated carbocycles. The van der Waals surface area contributed by atoms with Crippen molar-refractivity contribution in [2.45, 2.75) is 13.5 Å². The van der Waals surface area contributed by atoms with Gasteiger partial charge in [-0.05, 0) is 55.0 Å². The first kappa shape index (κ1) is 21.8. The van der Waals surface area contributed by atoms with Crippen LogP contribution in [0.3, 0.4) is 0 Å². The Morgan fingerprint density at radius 1 is 1.00 bits per heavy atom. The summed E-state index contributed by atoms with van der Waals surface area (Å²) < 4.78 is 24.4. The lowest BCUT2D eigenvalue weighted by Gasteiger charge is -2.12. The average molecular weight is 422 g/mol. The van der Waals surface area contributed by atoms with Crippen LogP contribution in [0.1, 0.15) is 18.1 Å². The Hall–Kier alpha value is -3.87. The zero-order valence-electron chi connectivity index (χ0n) is 17.1. The predicted molar refractivity (Wildman–Crippen MR) is 117 cm³/mol. The van der Waals surface area contributed by atoms with Gasteiger partial charge in [0.05, 0.1) is 12.8 Å². The lowest BCUT2D eigenvalue weighted by Crippen LogP contribution is -2.16. The van der Waals surface area contributed by atoms with Crippen molar-refractivity contribution in [3.63, 3.8) is 0 Å². The van der Waals surface area contributed by atoms with Crippen LogP contribution >= 0.6 is 0 Å². The van der Waals surface area contributed by atoms with Gasteiger partial charge >= 0.3 is 0 Å². The number of hydrogen-bond acceptors (Lipinski definition) is 5. The summed E-state index contributed by atoms with van der Waals surface area (Å²) in [5.41, 5.74) is 2.27. The number of carbonyl (C=O) groups excluding carboxylic acids is 1. The van der Waals surface area contributed by atoms with Gasteiger partial charge < -0.3 is 19.6 Å². The number of nitrogens with zero attached hydrogens (tertiary/aromatic N) is 1. The average Bonchev–Trinajstić information content (AvgIpc) is 2.79. The third-order valence-electron chi connectivity index (χ3n) is 4.10. The second-order valence-corrected chi connectivity index (χ2v) is 6.48. The van der Waals surface area contributed by atoms with Crippen molar-refractivity contribution >= 4 is 17.8 Å². The molecule has 0 aliphatic carbocycles. The van der Waals surface area contributed by atoms with E-state index in [9.17, 15) is 9.18 Å². The first-order valence-corrected chi connectivity index (χ1v) is 9.78. The van der Waals surface area contributed by atoms with E-state index in [2.05, 4.69) is 10.5 Å². The molecule has 6 nitrogen and oxygen atoms in total. The summed E-state index contributed by atoms with van der Waals surface area (Å²) in [5.74, 6) is 0.448. The Labute approximate surface area is 180 Å². The van der Waals surface area contributed by atoms with E-state index in [1.54, 1.807) is 12.1 Å². The van der Waals surface area contributed by atoms with Crippen LogP contribution in [0, 0.1) is 5.82 Å². The Bertz CT molecular complexity index is 1010. The zero-order valence-corrected chi connectivity index (χ0v) is 17.1. The van der Waals surface area contributed by atoms with E-state index < -0.39 is 5.91 Å². The van der Waals surface area contributed by atoms with Crippen molar-refractivity contribution < 1.29 is 23.5 Å². The molecule has 31 heavy (non-hydrogen) atoms. The van der Waals surface area contributed by atoms with Gasteiger partial charge in [0.15, 0.2) is 18.1 Å². The summed E-state index contributed by atoms with van der Waals surface area (Å²) in [6, 6.07) is 20.7. The van der Waals surface area contributed by atoms with Gasteiger partial charge in [-0.3, -0.25) is 4.79 Å². The summed E-state index contributed by atoms with van der Waals surface area (Å²) in [7, 11) is 0. The second kappa shape index (κ2) is 11.3. The number of ether oxygens (including phenoxy) is 2. The molecule has 0 aromatic heterocycles. The van der Waals surface area contributed by atoms with Gasteiger partial charge in [-0.25, -0.2) is 4.39 Å². The standard InChI is InChI=1S/C24H23FN2O4/c1-2-29-23-14-19(8-13-22(23)30-16-18-6-4-3-5-7-18)15-26-31-17-24(28)27-21-11-9-20(25)10-12-21/h3-15H,2,16-17H2,1H3,(H,27,28). The highest BCUT2D eigenvalue weighted by Gasteiger charge is 2.07. The molecular formula is C24H23FN2O4. The van der Waals surface area contributed by atoms with Gasteiger partial charge in [0.1, 0.15) is 12.4 Å². The largest absolute Gasteiger partial charge is 0.490 e. The van der Waals surface area contributed by atoms with Crippen molar-refractivity contribution in [2.75, 3.05) is 18.5 Å². The number of amides is 1. The summed E-state index contributed by atoms with van der Waals surface area (Å²) in [6.07, 6.45) is 1.48. The quantitative estimate of drug-likeness (QED) is 0.377. The van der Waals surface area contributed by atoms with E-state index in [0.717, 1.165) is 11.1 Å². The number of nitrogens with one attached hydrogen (secondary N) is 1. The first-order valence-electron chi connectivity index (χ1n) is 9.78. The zero-order chi connectivity index (χ0) is 21.9. The van der Waals surface area contributed by atoms with Gasteiger partial charge in [-0.1, -0.05) is 35.5 Å². The Morgan fingerprint density at radius 2 is 1.77 bits per heavy atom. The maximum atomic E-state index is 12.9. The SMILES string of the molecule is CCOc1cc(C=NOCC(=O)Nc2ccc(F)cc2)ccc1OCc1ccccc1. The number of halogens is 1. The molecule has 0 radical (unpaired) electrons. The van der Waals surface area contributed by atoms with Gasteiger partial charge in [0.2, 0.25) is 0 Å². The van der Waals surface area contributed by atoms with E-state index in [-0.39, 0.29) is 12.4 Å². The molecule has 160 valence electrons. The third kappa shape index (κ3) is 7.15. The fraction of sp³-hybridized carbons (Fsp3) is 0.167. The van der Waals surface area contributed by atoms with Crippen molar-refractivity contribution in [3.05, 3.63) is 89.7 Å². The van der Waals surface area contributed by atoms with Crippen LogP contribution in [0.5, 0.6) is 11.5 Å². The molecule has 0 heterocycles. The monoisotopic (exact) mass is 422 g/mol. The van der Waals surface area contributed by atoms with Crippen molar-refractivity contribution in [2.24, 2.45) is 5.16 Å². The first-order chi connectivity index (χ1) is 15.1. The molecule has 0 atom stereocenters. The number of benzene rings is 3. The molecule has 1 amide bonds. The van der Waals surface area contributed by atoms with Crippen molar-refractivity contribution in [3.8, 4) is 11.5 Å². The molecule has 0 spiro atoms. The van der Waals surface area contributed by atoms with E-state index in [1.165, 1.54) is 30.5 Å². The van der Waals surface area contributed by atoms with Crippen LogP contribution in [0.4, 0.5) is 10.1 Å². The summed E-state index contributed by atoms with van der Waals surface area (Å²) in [6.45, 7) is 2.54. The molecule has 3 aromatic rings. The molecular weight excluding hydrogens is 399 g/mol. The smallest absolute Gasteiger partial charge is 0.265 e. The number of rotatable bonds is 10. The molecule has 0 saturated heterocycles. The van der Waals surface area contributed by atoms with Crippen LogP contribution in [-0.4, -0.2) is 25.3 Å². The summed E-state index contributed by atoms with van der Waals surface area (Å²) >= 11 is 0. The number of carbonyl (C=O) groups is 1. The Kier molecular flexibility index (Phi) is 7.99. The highest BCUT2D eigenvalue weighted by molar-refractivity contribution is 5.91. The lowest BCUT2D eigenvalue weighted by molar-refractivity contribution is -0.120. The minimum absolute atomic E-state index is 0.273. The van der Waals surface area contributed by atoms with Crippen LogP contribution in [0.2, 0.25) is 0 Å². The van der Waals surface area contributed by atoms with Crippen molar-refractivity contribution in [1.29, 1.82) is 0 Å². The summed E-state index contributed by atoms with van der Waals surface area (Å²) in [5, 5.41) is 6.41. The minimum atomic E-state index is -0.400. The maximum Gasteiger partial charge on any atom is 0.265 e. The molecule has 0 bridgehead atoms. The van der Waals surface area contributed by atoms with Crippen LogP contribution in [0.15, 0.2) is 78.0 Å². The topological polar surface area (TPSA) is 69.2 Å². The highest BCUT2D eigenvalue weighted by atomic mass is 19.1. The number of anilines is 1. The molecule has 0 aliphatic heterocycles. The van der Waals surface area contributed by atoms with E-state index >= 15 is 0 Å². The Morgan fingerprint density at radius 3 is 2.52 bits per heavy atom. The van der Waals surface area contributed by atoms with Crippen LogP contribution in [-0.2, 0) is 16.2 Å². The normalized spacial score (nSPS) is 10.6. The van der Waals surface area contributed by atoms with Gasteiger partial charge in [-0.15, -0.1) is 0 Å². The van der Waals surface area contributed by atoms with Gasteiger partial charge in [0, 0.05) is 11.3 Å². The number of oxime groups is 1. The molecule has 0 aliphatic rings.